The molecular weight excluding hydrogens is 232 g/mol. The van der Waals surface area contributed by atoms with Crippen LogP contribution in [0.5, 0.6) is 0 Å². The van der Waals surface area contributed by atoms with Crippen LogP contribution in [0.1, 0.15) is 39.7 Å². The highest BCUT2D eigenvalue weighted by atomic mass is 16.2. The fraction of sp³-hybridized carbons (Fsp3) is 0.583. The molecule has 1 heterocycles. The van der Waals surface area contributed by atoms with Crippen LogP contribution in [0.4, 0.5) is 5.69 Å². The summed E-state index contributed by atoms with van der Waals surface area (Å²) in [4.78, 5) is 22.2. The molecule has 2 N–H and O–H groups in total. The minimum absolute atomic E-state index is 0.0661. The zero-order valence-corrected chi connectivity index (χ0v) is 11.1. The van der Waals surface area contributed by atoms with E-state index in [1.807, 2.05) is 13.8 Å². The molecule has 0 unspecified atom stereocenters. The number of nitrogens with zero attached hydrogens (tertiary/aromatic N) is 2. The van der Waals surface area contributed by atoms with Crippen molar-refractivity contribution in [2.24, 2.45) is 0 Å². The van der Waals surface area contributed by atoms with Crippen LogP contribution in [0.3, 0.4) is 0 Å². The topological polar surface area (TPSA) is 76.0 Å². The Morgan fingerprint density at radius 3 is 2.72 bits per heavy atom. The van der Waals surface area contributed by atoms with Gasteiger partial charge in [0.15, 0.2) is 0 Å². The van der Waals surface area contributed by atoms with Crippen molar-refractivity contribution in [3.8, 4) is 0 Å². The first-order valence-corrected chi connectivity index (χ1v) is 6.07. The van der Waals surface area contributed by atoms with E-state index in [1.165, 1.54) is 6.92 Å². The van der Waals surface area contributed by atoms with Gasteiger partial charge in [-0.15, -0.1) is 0 Å². The fourth-order valence-electron chi connectivity index (χ4n) is 1.42. The molecule has 1 aromatic rings. The predicted molar refractivity (Wildman–Crippen MR) is 69.2 cm³/mol. The molecule has 1 aromatic heterocycles. The number of rotatable bonds is 6. The normalized spacial score (nSPS) is 10.4. The van der Waals surface area contributed by atoms with E-state index >= 15 is 0 Å². The summed E-state index contributed by atoms with van der Waals surface area (Å²) >= 11 is 0. The SMILES string of the molecule is CC(=O)NCCCC(=O)Nc1cnn(C(C)C)c1. The molecule has 0 radical (unpaired) electrons. The highest BCUT2D eigenvalue weighted by Crippen LogP contribution is 2.10. The summed E-state index contributed by atoms with van der Waals surface area (Å²) in [5.41, 5.74) is 0.702. The van der Waals surface area contributed by atoms with Gasteiger partial charge in [-0.1, -0.05) is 0 Å². The molecule has 6 heteroatoms. The minimum Gasteiger partial charge on any atom is -0.356 e. The number of nitrogens with one attached hydrogen (secondary N) is 2. The summed E-state index contributed by atoms with van der Waals surface area (Å²) in [6.45, 7) is 6.02. The van der Waals surface area contributed by atoms with E-state index in [9.17, 15) is 9.59 Å². The van der Waals surface area contributed by atoms with Gasteiger partial charge in [0.2, 0.25) is 11.8 Å². The summed E-state index contributed by atoms with van der Waals surface area (Å²) in [7, 11) is 0. The molecule has 0 aromatic carbocycles. The third kappa shape index (κ3) is 4.99. The maximum Gasteiger partial charge on any atom is 0.224 e. The van der Waals surface area contributed by atoms with Gasteiger partial charge in [-0.25, -0.2) is 0 Å². The van der Waals surface area contributed by atoms with E-state index in [0.29, 0.717) is 25.1 Å². The van der Waals surface area contributed by atoms with Crippen LogP contribution >= 0.6 is 0 Å². The summed E-state index contributed by atoms with van der Waals surface area (Å²) in [5, 5.41) is 9.55. The fourth-order valence-corrected chi connectivity index (χ4v) is 1.42. The molecule has 0 aliphatic rings. The molecular formula is C12H20N4O2. The van der Waals surface area contributed by atoms with E-state index in [4.69, 9.17) is 0 Å². The smallest absolute Gasteiger partial charge is 0.224 e. The van der Waals surface area contributed by atoms with Crippen molar-refractivity contribution in [1.82, 2.24) is 15.1 Å². The Morgan fingerprint density at radius 2 is 2.17 bits per heavy atom. The lowest BCUT2D eigenvalue weighted by Gasteiger charge is -2.04. The number of hydrogen-bond acceptors (Lipinski definition) is 3. The van der Waals surface area contributed by atoms with Crippen molar-refractivity contribution in [1.29, 1.82) is 0 Å². The lowest BCUT2D eigenvalue weighted by atomic mass is 10.3. The molecule has 0 atom stereocenters. The van der Waals surface area contributed by atoms with Crippen LogP contribution in [0.25, 0.3) is 0 Å². The van der Waals surface area contributed by atoms with Crippen LogP contribution < -0.4 is 10.6 Å². The third-order valence-electron chi connectivity index (χ3n) is 2.37. The first kappa shape index (κ1) is 14.2. The van der Waals surface area contributed by atoms with Crippen molar-refractivity contribution >= 4 is 17.5 Å². The van der Waals surface area contributed by atoms with Gasteiger partial charge in [-0.05, 0) is 20.3 Å². The van der Waals surface area contributed by atoms with Crippen LogP contribution in [-0.2, 0) is 9.59 Å². The lowest BCUT2D eigenvalue weighted by Crippen LogP contribution is -2.22. The number of anilines is 1. The molecule has 0 spiro atoms. The zero-order chi connectivity index (χ0) is 13.5. The molecule has 0 fully saturated rings. The largest absolute Gasteiger partial charge is 0.356 e. The average Bonchev–Trinajstić information content (AvgIpc) is 2.72. The van der Waals surface area contributed by atoms with Gasteiger partial charge in [0.05, 0.1) is 11.9 Å². The van der Waals surface area contributed by atoms with Crippen LogP contribution in [0.15, 0.2) is 12.4 Å². The summed E-state index contributed by atoms with van der Waals surface area (Å²) in [6.07, 6.45) is 4.44. The van der Waals surface area contributed by atoms with E-state index in [2.05, 4.69) is 15.7 Å². The molecule has 0 saturated heterocycles. The summed E-state index contributed by atoms with van der Waals surface area (Å²) in [5.74, 6) is -0.141. The Kier molecular flexibility index (Phi) is 5.35. The molecule has 0 aliphatic carbocycles. The second-order valence-electron chi connectivity index (χ2n) is 4.44. The molecule has 18 heavy (non-hydrogen) atoms. The van der Waals surface area contributed by atoms with Gasteiger partial charge in [0, 0.05) is 32.1 Å². The quantitative estimate of drug-likeness (QED) is 0.750. The summed E-state index contributed by atoms with van der Waals surface area (Å²) in [6, 6.07) is 0.274. The van der Waals surface area contributed by atoms with E-state index in [-0.39, 0.29) is 17.9 Å². The second-order valence-corrected chi connectivity index (χ2v) is 4.44. The van der Waals surface area contributed by atoms with Crippen molar-refractivity contribution in [3.05, 3.63) is 12.4 Å². The first-order chi connectivity index (χ1) is 8.49. The molecule has 6 nitrogen and oxygen atoms in total. The Bertz CT molecular complexity index is 412. The predicted octanol–water partition coefficient (Wildman–Crippen LogP) is 1.32. The van der Waals surface area contributed by atoms with Gasteiger partial charge in [-0.3, -0.25) is 14.3 Å². The second kappa shape index (κ2) is 6.78. The lowest BCUT2D eigenvalue weighted by molar-refractivity contribution is -0.119. The van der Waals surface area contributed by atoms with Crippen LogP contribution in [-0.4, -0.2) is 28.1 Å². The molecule has 100 valence electrons. The van der Waals surface area contributed by atoms with E-state index < -0.39 is 0 Å². The molecule has 0 bridgehead atoms. The summed E-state index contributed by atoms with van der Waals surface area (Å²) < 4.78 is 1.78. The van der Waals surface area contributed by atoms with Crippen molar-refractivity contribution < 1.29 is 9.59 Å². The number of aromatic nitrogens is 2. The highest BCUT2D eigenvalue weighted by Gasteiger charge is 2.05. The van der Waals surface area contributed by atoms with E-state index in [0.717, 1.165) is 0 Å². The molecule has 1 rings (SSSR count). The van der Waals surface area contributed by atoms with Crippen LogP contribution in [0.2, 0.25) is 0 Å². The van der Waals surface area contributed by atoms with Gasteiger partial charge >= 0.3 is 0 Å². The standard InChI is InChI=1S/C12H20N4O2/c1-9(2)16-8-11(7-14-16)15-12(18)5-4-6-13-10(3)17/h7-9H,4-6H2,1-3H3,(H,13,17)(H,15,18). The highest BCUT2D eigenvalue weighted by molar-refractivity contribution is 5.90. The third-order valence-corrected chi connectivity index (χ3v) is 2.37. The van der Waals surface area contributed by atoms with Gasteiger partial charge in [0.1, 0.15) is 0 Å². The first-order valence-electron chi connectivity index (χ1n) is 6.07. The minimum atomic E-state index is -0.0754. The zero-order valence-electron chi connectivity index (χ0n) is 11.1. The Hall–Kier alpha value is -1.85. The van der Waals surface area contributed by atoms with E-state index in [1.54, 1.807) is 17.1 Å². The van der Waals surface area contributed by atoms with Gasteiger partial charge in [-0.2, -0.15) is 5.10 Å². The van der Waals surface area contributed by atoms with Crippen molar-refractivity contribution in [3.63, 3.8) is 0 Å². The Morgan fingerprint density at radius 1 is 1.44 bits per heavy atom. The Labute approximate surface area is 107 Å². The maximum atomic E-state index is 11.6. The van der Waals surface area contributed by atoms with Crippen LogP contribution in [0, 0.1) is 0 Å². The molecule has 0 saturated carbocycles. The molecule has 0 aliphatic heterocycles. The number of hydrogen-bond donors (Lipinski definition) is 2. The number of amides is 2. The Balaban J connectivity index is 2.28. The van der Waals surface area contributed by atoms with Crippen molar-refractivity contribution in [2.45, 2.75) is 39.7 Å². The number of carbonyl (C=O) groups is 2. The number of carbonyl (C=O) groups excluding carboxylic acids is 2. The average molecular weight is 252 g/mol. The van der Waals surface area contributed by atoms with Gasteiger partial charge in [0.25, 0.3) is 0 Å². The maximum absolute atomic E-state index is 11.6. The molecule has 2 amide bonds. The van der Waals surface area contributed by atoms with Gasteiger partial charge < -0.3 is 10.6 Å². The van der Waals surface area contributed by atoms with Crippen molar-refractivity contribution in [2.75, 3.05) is 11.9 Å². The monoisotopic (exact) mass is 252 g/mol.